The van der Waals surface area contributed by atoms with E-state index >= 15 is 0 Å². The second-order valence-corrected chi connectivity index (χ2v) is 5.13. The van der Waals surface area contributed by atoms with Crippen molar-refractivity contribution in [3.63, 3.8) is 0 Å². The number of amides is 1. The number of hydrogen-bond donors (Lipinski definition) is 1. The number of hydrazone groups is 1. The summed E-state index contributed by atoms with van der Waals surface area (Å²) in [5, 5.41) is 14.7. The van der Waals surface area contributed by atoms with Crippen molar-refractivity contribution in [1.82, 2.24) is 5.43 Å². The lowest BCUT2D eigenvalue weighted by molar-refractivity contribution is -0.385. The van der Waals surface area contributed by atoms with Gasteiger partial charge in [0.1, 0.15) is 18.1 Å². The lowest BCUT2D eigenvalue weighted by Crippen LogP contribution is -2.30. The summed E-state index contributed by atoms with van der Waals surface area (Å²) in [6, 6.07) is 2.66. The predicted molar refractivity (Wildman–Crippen MR) is 78.0 cm³/mol. The van der Waals surface area contributed by atoms with Crippen LogP contribution in [0.1, 0.15) is 24.0 Å². The van der Waals surface area contributed by atoms with E-state index in [1.54, 1.807) is 0 Å². The molecule has 2 aliphatic rings. The van der Waals surface area contributed by atoms with Crippen molar-refractivity contribution in [2.45, 2.75) is 26.1 Å². The number of nitrogens with one attached hydrogen (secondary N) is 1. The van der Waals surface area contributed by atoms with E-state index < -0.39 is 10.9 Å². The quantitative estimate of drug-likeness (QED) is 0.488. The van der Waals surface area contributed by atoms with E-state index in [1.165, 1.54) is 12.1 Å². The van der Waals surface area contributed by atoms with Gasteiger partial charge >= 0.3 is 5.97 Å². The molecule has 1 N–H and O–H groups in total. The maximum Gasteiger partial charge on any atom is 0.354 e. The minimum Gasteiger partial charge on any atom is -0.467 e. The van der Waals surface area contributed by atoms with Crippen LogP contribution in [0, 0.1) is 10.1 Å². The van der Waals surface area contributed by atoms with Gasteiger partial charge in [-0.3, -0.25) is 14.9 Å². The van der Waals surface area contributed by atoms with E-state index in [0.29, 0.717) is 16.9 Å². The molecule has 1 amide bonds. The molecule has 24 heavy (non-hydrogen) atoms. The van der Waals surface area contributed by atoms with E-state index in [1.807, 2.05) is 0 Å². The summed E-state index contributed by atoms with van der Waals surface area (Å²) in [7, 11) is 0. The first kappa shape index (κ1) is 15.9. The molecule has 0 spiro atoms. The number of nitro groups is 1. The first-order valence-corrected chi connectivity index (χ1v) is 7.08. The van der Waals surface area contributed by atoms with Gasteiger partial charge in [0.05, 0.1) is 11.5 Å². The van der Waals surface area contributed by atoms with Gasteiger partial charge in [-0.1, -0.05) is 0 Å². The maximum atomic E-state index is 12.0. The smallest absolute Gasteiger partial charge is 0.354 e. The van der Waals surface area contributed by atoms with Crippen LogP contribution in [0.2, 0.25) is 0 Å². The fraction of sp³-hybridized carbons (Fsp3) is 0.357. The van der Waals surface area contributed by atoms with Gasteiger partial charge in [-0.15, -0.1) is 0 Å². The minimum atomic E-state index is -0.692. The molecule has 0 fully saturated rings. The summed E-state index contributed by atoms with van der Waals surface area (Å²) in [4.78, 5) is 33.4. The van der Waals surface area contributed by atoms with Crippen molar-refractivity contribution in [3.05, 3.63) is 33.4 Å². The molecule has 2 heterocycles. The zero-order valence-electron chi connectivity index (χ0n) is 12.4. The molecule has 10 nitrogen and oxygen atoms in total. The van der Waals surface area contributed by atoms with Gasteiger partial charge in [0.2, 0.25) is 5.91 Å². The number of nitrogens with zero attached hydrogens (tertiary/aromatic N) is 2. The Balaban J connectivity index is 1.77. The van der Waals surface area contributed by atoms with E-state index in [9.17, 15) is 19.7 Å². The van der Waals surface area contributed by atoms with Gasteiger partial charge in [-0.25, -0.2) is 10.2 Å². The zero-order valence-corrected chi connectivity index (χ0v) is 12.4. The van der Waals surface area contributed by atoms with Crippen LogP contribution in [0.25, 0.3) is 0 Å². The second-order valence-electron chi connectivity index (χ2n) is 5.13. The second kappa shape index (κ2) is 6.62. The molecule has 3 rings (SSSR count). The van der Waals surface area contributed by atoms with Crippen LogP contribution in [0.3, 0.4) is 0 Å². The Bertz CT molecular complexity index is 744. The number of fused-ring (bicyclic) bond motifs is 1. The van der Waals surface area contributed by atoms with Gasteiger partial charge in [-0.2, -0.15) is 5.10 Å². The van der Waals surface area contributed by atoms with Crippen LogP contribution >= 0.6 is 0 Å². The van der Waals surface area contributed by atoms with E-state index in [4.69, 9.17) is 14.2 Å². The van der Waals surface area contributed by atoms with E-state index in [0.717, 1.165) is 0 Å². The monoisotopic (exact) mass is 335 g/mol. The normalized spacial score (nSPS) is 16.3. The largest absolute Gasteiger partial charge is 0.467 e. The van der Waals surface area contributed by atoms with Crippen molar-refractivity contribution in [3.8, 4) is 5.75 Å². The SMILES string of the molecule is O=C1CCC(C(=O)OCc2cc([N+](=O)[O-])cc3c2OCOC3)=NN1. The Morgan fingerprint density at radius 2 is 2.25 bits per heavy atom. The highest BCUT2D eigenvalue weighted by Gasteiger charge is 2.24. The summed E-state index contributed by atoms with van der Waals surface area (Å²) in [6.07, 6.45) is 0.336. The molecular weight excluding hydrogens is 322 g/mol. The summed E-state index contributed by atoms with van der Waals surface area (Å²) in [5.74, 6) is -0.548. The molecule has 10 heteroatoms. The number of carbonyl (C=O) groups is 2. The first-order chi connectivity index (χ1) is 11.5. The Hall–Kier alpha value is -3.01. The predicted octanol–water partition coefficient (Wildman–Crippen LogP) is 0.770. The number of nitro benzene ring substituents is 1. The Labute approximate surface area is 135 Å². The average Bonchev–Trinajstić information content (AvgIpc) is 2.59. The van der Waals surface area contributed by atoms with Crippen LogP contribution in [-0.2, 0) is 32.3 Å². The molecule has 1 aromatic rings. The molecule has 0 aliphatic carbocycles. The third kappa shape index (κ3) is 3.33. The number of carbonyl (C=O) groups excluding carboxylic acids is 2. The summed E-state index contributed by atoms with van der Waals surface area (Å²) in [5.41, 5.74) is 3.04. The summed E-state index contributed by atoms with van der Waals surface area (Å²) >= 11 is 0. The maximum absolute atomic E-state index is 12.0. The third-order valence-corrected chi connectivity index (χ3v) is 3.48. The topological polar surface area (TPSA) is 129 Å². The van der Waals surface area contributed by atoms with Gasteiger partial charge in [0, 0.05) is 36.1 Å². The Morgan fingerprint density at radius 3 is 2.96 bits per heavy atom. The molecule has 0 atom stereocenters. The molecular formula is C14H13N3O7. The van der Waals surface area contributed by atoms with Crippen molar-refractivity contribution in [2.75, 3.05) is 6.79 Å². The molecule has 0 radical (unpaired) electrons. The molecule has 0 unspecified atom stereocenters. The van der Waals surface area contributed by atoms with Crippen molar-refractivity contribution < 1.29 is 28.7 Å². The Kier molecular flexibility index (Phi) is 4.38. The Morgan fingerprint density at radius 1 is 1.42 bits per heavy atom. The van der Waals surface area contributed by atoms with Crippen LogP contribution in [0.5, 0.6) is 5.75 Å². The zero-order chi connectivity index (χ0) is 17.1. The number of rotatable bonds is 4. The van der Waals surface area contributed by atoms with Crippen molar-refractivity contribution in [1.29, 1.82) is 0 Å². The standard InChI is InChI=1S/C14H13N3O7/c18-12-2-1-11(15-16-12)14(19)23-6-9-4-10(17(20)21)3-8-5-22-7-24-13(8)9/h3-4H,1-2,5-7H2,(H,16,18). The van der Waals surface area contributed by atoms with Crippen LogP contribution < -0.4 is 10.2 Å². The van der Waals surface area contributed by atoms with Gasteiger partial charge in [0.15, 0.2) is 6.79 Å². The average molecular weight is 335 g/mol. The van der Waals surface area contributed by atoms with Gasteiger partial charge in [-0.05, 0) is 0 Å². The van der Waals surface area contributed by atoms with E-state index in [2.05, 4.69) is 10.5 Å². The van der Waals surface area contributed by atoms with Gasteiger partial charge in [0.25, 0.3) is 5.69 Å². The summed E-state index contributed by atoms with van der Waals surface area (Å²) in [6.45, 7) is -0.0169. The molecule has 0 bridgehead atoms. The lowest BCUT2D eigenvalue weighted by atomic mass is 10.1. The fourth-order valence-corrected chi connectivity index (χ4v) is 2.34. The van der Waals surface area contributed by atoms with Gasteiger partial charge < -0.3 is 14.2 Å². The number of esters is 1. The highest BCUT2D eigenvalue weighted by atomic mass is 16.7. The number of benzene rings is 1. The molecule has 126 valence electrons. The summed E-state index contributed by atoms with van der Waals surface area (Å²) < 4.78 is 15.6. The van der Waals surface area contributed by atoms with Crippen LogP contribution in [0.4, 0.5) is 5.69 Å². The highest BCUT2D eigenvalue weighted by molar-refractivity contribution is 6.37. The van der Waals surface area contributed by atoms with Crippen molar-refractivity contribution in [2.24, 2.45) is 5.10 Å². The molecule has 2 aliphatic heterocycles. The number of ether oxygens (including phenoxy) is 3. The lowest BCUT2D eigenvalue weighted by Gasteiger charge is -2.20. The minimum absolute atomic E-state index is 0.0184. The van der Waals surface area contributed by atoms with Crippen LogP contribution in [-0.4, -0.2) is 29.3 Å². The molecule has 0 saturated heterocycles. The van der Waals surface area contributed by atoms with Crippen LogP contribution in [0.15, 0.2) is 17.2 Å². The highest BCUT2D eigenvalue weighted by Crippen LogP contribution is 2.33. The number of hydrogen-bond acceptors (Lipinski definition) is 8. The molecule has 0 aromatic heterocycles. The molecule has 1 aromatic carbocycles. The molecule has 0 saturated carbocycles. The number of non-ortho nitro benzene ring substituents is 1. The van der Waals surface area contributed by atoms with Crippen molar-refractivity contribution >= 4 is 23.3 Å². The third-order valence-electron chi connectivity index (χ3n) is 3.48. The van der Waals surface area contributed by atoms with E-state index in [-0.39, 0.29) is 50.2 Å². The fourth-order valence-electron chi connectivity index (χ4n) is 2.34. The first-order valence-electron chi connectivity index (χ1n) is 7.08.